The molecule has 0 N–H and O–H groups in total. The molecule has 2 heteroatoms. The van der Waals surface area contributed by atoms with Gasteiger partial charge in [-0.3, -0.25) is 4.79 Å². The van der Waals surface area contributed by atoms with Crippen molar-refractivity contribution >= 4 is 5.97 Å². The van der Waals surface area contributed by atoms with Crippen LogP contribution in [0.3, 0.4) is 0 Å². The minimum Gasteiger partial charge on any atom is -0.469 e. The largest absolute Gasteiger partial charge is 0.469 e. The Morgan fingerprint density at radius 1 is 0.704 bits per heavy atom. The number of rotatable bonds is 17. The maximum atomic E-state index is 10.7. The zero-order valence-corrected chi connectivity index (χ0v) is 19.2. The van der Waals surface area contributed by atoms with Gasteiger partial charge in [0.2, 0.25) is 0 Å². The summed E-state index contributed by atoms with van der Waals surface area (Å²) in [5.41, 5.74) is 0. The van der Waals surface area contributed by atoms with E-state index in [9.17, 15) is 4.79 Å². The minimum absolute atomic E-state index is 0.0916. The van der Waals surface area contributed by atoms with E-state index in [0.717, 1.165) is 19.3 Å². The van der Waals surface area contributed by atoms with Gasteiger partial charge in [0, 0.05) is 6.42 Å². The Morgan fingerprint density at radius 2 is 1.07 bits per heavy atom. The van der Waals surface area contributed by atoms with Gasteiger partial charge < -0.3 is 4.74 Å². The van der Waals surface area contributed by atoms with Crippen LogP contribution in [0, 0.1) is 0 Å². The summed E-state index contributed by atoms with van der Waals surface area (Å²) < 4.78 is 4.54. The van der Waals surface area contributed by atoms with Crippen LogP contribution in [0.4, 0.5) is 0 Å². The Labute approximate surface area is 171 Å². The minimum atomic E-state index is -0.0916. The fraction of sp³-hybridized carbons (Fsp3) is 0.800. The van der Waals surface area contributed by atoms with Crippen LogP contribution >= 0.6 is 0 Å². The number of methoxy groups -OCH3 is 1. The molecule has 0 aromatic rings. The predicted molar refractivity (Wildman–Crippen MR) is 123 cm³/mol. The number of ether oxygens (including phenoxy) is 1. The van der Waals surface area contributed by atoms with Crippen LogP contribution in [-0.2, 0) is 9.53 Å². The third kappa shape index (κ3) is 36.6. The van der Waals surface area contributed by atoms with E-state index in [-0.39, 0.29) is 5.97 Å². The molecule has 162 valence electrons. The van der Waals surface area contributed by atoms with Crippen molar-refractivity contribution in [2.24, 2.45) is 0 Å². The summed E-state index contributed by atoms with van der Waals surface area (Å²) in [6, 6.07) is 0. The lowest BCUT2D eigenvalue weighted by Gasteiger charge is -1.99. The SMILES string of the molecule is C=CCCCCCCCC(=O)OC.C=CCCCCCCCCCC.CC. The van der Waals surface area contributed by atoms with E-state index in [2.05, 4.69) is 24.8 Å². The topological polar surface area (TPSA) is 26.3 Å². The van der Waals surface area contributed by atoms with Crippen molar-refractivity contribution in [3.63, 3.8) is 0 Å². The highest BCUT2D eigenvalue weighted by molar-refractivity contribution is 5.68. The molecule has 0 heterocycles. The van der Waals surface area contributed by atoms with Crippen LogP contribution in [-0.4, -0.2) is 13.1 Å². The number of carbonyl (C=O) groups is 1. The van der Waals surface area contributed by atoms with E-state index in [0.29, 0.717) is 6.42 Å². The first kappa shape index (κ1) is 30.7. The molecule has 0 aliphatic carbocycles. The van der Waals surface area contributed by atoms with Gasteiger partial charge in [-0.15, -0.1) is 13.2 Å². The van der Waals surface area contributed by atoms with Gasteiger partial charge in [-0.25, -0.2) is 0 Å². The number of unbranched alkanes of at least 4 members (excludes halogenated alkanes) is 13. The lowest BCUT2D eigenvalue weighted by atomic mass is 10.1. The van der Waals surface area contributed by atoms with Crippen LogP contribution in [0.5, 0.6) is 0 Å². The van der Waals surface area contributed by atoms with Crippen LogP contribution < -0.4 is 0 Å². The van der Waals surface area contributed by atoms with Crippen LogP contribution in [0.2, 0.25) is 0 Å². The Morgan fingerprint density at radius 3 is 1.44 bits per heavy atom. The predicted octanol–water partition coefficient (Wildman–Crippen LogP) is 8.81. The lowest BCUT2D eigenvalue weighted by molar-refractivity contribution is -0.140. The Bertz CT molecular complexity index is 284. The summed E-state index contributed by atoms with van der Waals surface area (Å²) in [5.74, 6) is -0.0916. The molecule has 0 atom stereocenters. The molecule has 0 unspecified atom stereocenters. The summed E-state index contributed by atoms with van der Waals surface area (Å²) >= 11 is 0. The van der Waals surface area contributed by atoms with E-state index >= 15 is 0 Å². The zero-order valence-electron chi connectivity index (χ0n) is 19.2. The van der Waals surface area contributed by atoms with Crippen molar-refractivity contribution in [3.8, 4) is 0 Å². The van der Waals surface area contributed by atoms with Crippen molar-refractivity contribution < 1.29 is 9.53 Å². The number of hydrogen-bond acceptors (Lipinski definition) is 2. The van der Waals surface area contributed by atoms with Crippen molar-refractivity contribution in [1.82, 2.24) is 0 Å². The molecule has 2 nitrogen and oxygen atoms in total. The maximum Gasteiger partial charge on any atom is 0.305 e. The fourth-order valence-electron chi connectivity index (χ4n) is 2.61. The Hall–Kier alpha value is -1.05. The second-order valence-corrected chi connectivity index (χ2v) is 6.72. The van der Waals surface area contributed by atoms with Crippen LogP contribution in [0.15, 0.2) is 25.3 Å². The van der Waals surface area contributed by atoms with Crippen LogP contribution in [0.25, 0.3) is 0 Å². The summed E-state index contributed by atoms with van der Waals surface area (Å²) in [4.78, 5) is 10.7. The van der Waals surface area contributed by atoms with Crippen molar-refractivity contribution in [2.75, 3.05) is 7.11 Å². The lowest BCUT2D eigenvalue weighted by Crippen LogP contribution is -1.98. The molecular formula is C25H50O2. The first-order valence-corrected chi connectivity index (χ1v) is 11.5. The number of allylic oxidation sites excluding steroid dienone is 2. The molecule has 0 aromatic carbocycles. The van der Waals surface area contributed by atoms with Gasteiger partial charge in [0.25, 0.3) is 0 Å². The van der Waals surface area contributed by atoms with E-state index in [1.807, 2.05) is 26.0 Å². The van der Waals surface area contributed by atoms with E-state index in [1.54, 1.807) is 0 Å². The van der Waals surface area contributed by atoms with Gasteiger partial charge in [0.15, 0.2) is 0 Å². The molecule has 0 aliphatic rings. The molecule has 0 aromatic heterocycles. The van der Waals surface area contributed by atoms with Crippen molar-refractivity contribution in [2.45, 2.75) is 124 Å². The van der Waals surface area contributed by atoms with Crippen molar-refractivity contribution in [1.29, 1.82) is 0 Å². The van der Waals surface area contributed by atoms with Gasteiger partial charge >= 0.3 is 5.97 Å². The first-order valence-electron chi connectivity index (χ1n) is 11.5. The molecule has 0 fully saturated rings. The third-order valence-electron chi connectivity index (χ3n) is 4.28. The molecule has 0 bridgehead atoms. The second-order valence-electron chi connectivity index (χ2n) is 6.72. The van der Waals surface area contributed by atoms with Gasteiger partial charge in [0.05, 0.1) is 7.11 Å². The summed E-state index contributed by atoms with van der Waals surface area (Å²) in [7, 11) is 1.44. The van der Waals surface area contributed by atoms with E-state index < -0.39 is 0 Å². The maximum absolute atomic E-state index is 10.7. The average molecular weight is 383 g/mol. The monoisotopic (exact) mass is 382 g/mol. The molecule has 0 saturated heterocycles. The van der Waals surface area contributed by atoms with E-state index in [1.165, 1.54) is 84.2 Å². The van der Waals surface area contributed by atoms with Gasteiger partial charge in [-0.2, -0.15) is 0 Å². The second kappa shape index (κ2) is 32.6. The highest BCUT2D eigenvalue weighted by Crippen LogP contribution is 2.09. The number of hydrogen-bond donors (Lipinski definition) is 0. The molecule has 0 rings (SSSR count). The number of esters is 1. The zero-order chi connectivity index (χ0) is 21.0. The Kier molecular flexibility index (Phi) is 37.0. The summed E-state index contributed by atoms with van der Waals surface area (Å²) in [6.45, 7) is 13.7. The molecule has 0 aliphatic heterocycles. The van der Waals surface area contributed by atoms with Gasteiger partial charge in [0.1, 0.15) is 0 Å². The quantitative estimate of drug-likeness (QED) is 0.143. The average Bonchev–Trinajstić information content (AvgIpc) is 2.71. The summed E-state index contributed by atoms with van der Waals surface area (Å²) in [5, 5.41) is 0. The molecular weight excluding hydrogens is 332 g/mol. The molecule has 27 heavy (non-hydrogen) atoms. The highest BCUT2D eigenvalue weighted by Gasteiger charge is 1.98. The fourth-order valence-corrected chi connectivity index (χ4v) is 2.61. The summed E-state index contributed by atoms with van der Waals surface area (Å²) in [6.07, 6.45) is 23.9. The highest BCUT2D eigenvalue weighted by atomic mass is 16.5. The van der Waals surface area contributed by atoms with Gasteiger partial charge in [-0.05, 0) is 32.1 Å². The first-order chi connectivity index (χ1) is 13.2. The van der Waals surface area contributed by atoms with E-state index in [4.69, 9.17) is 0 Å². The molecule has 0 amide bonds. The Balaban J connectivity index is -0.000000391. The third-order valence-corrected chi connectivity index (χ3v) is 4.28. The number of carbonyl (C=O) groups excluding carboxylic acids is 1. The van der Waals surface area contributed by atoms with Crippen molar-refractivity contribution in [3.05, 3.63) is 25.3 Å². The van der Waals surface area contributed by atoms with Crippen LogP contribution in [0.1, 0.15) is 124 Å². The molecule has 0 radical (unpaired) electrons. The molecule has 0 spiro atoms. The van der Waals surface area contributed by atoms with Gasteiger partial charge in [-0.1, -0.05) is 97.1 Å². The standard InChI is InChI=1S/C12H24.C11H20O2.C2H6/c1-3-5-7-9-11-12-10-8-6-4-2;1-3-4-5-6-7-8-9-10-11(12)13-2;1-2/h3H,1,4-12H2,2H3;3H,1,4-10H2,2H3;1-2H3. The normalized spacial score (nSPS) is 9.33. The molecule has 0 saturated carbocycles. The smallest absolute Gasteiger partial charge is 0.305 e.